The molecule has 0 atom stereocenters. The summed E-state index contributed by atoms with van der Waals surface area (Å²) in [5, 5.41) is 10.4. The topological polar surface area (TPSA) is 43.1 Å². The highest BCUT2D eigenvalue weighted by Gasteiger charge is 2.22. The monoisotopic (exact) mass is 217 g/mol. The van der Waals surface area contributed by atoms with Crippen LogP contribution in [0, 0.1) is 10.1 Å². The predicted molar refractivity (Wildman–Crippen MR) is 48.2 cm³/mol. The van der Waals surface area contributed by atoms with Gasteiger partial charge in [-0.25, -0.2) is 0 Å². The van der Waals surface area contributed by atoms with Crippen molar-refractivity contribution in [2.75, 3.05) is 0 Å². The van der Waals surface area contributed by atoms with Gasteiger partial charge in [0.1, 0.15) is 0 Å². The number of halogens is 3. The van der Waals surface area contributed by atoms with Crippen molar-refractivity contribution >= 4 is 11.8 Å². The maximum atomic E-state index is 11.8. The first-order valence-electron chi connectivity index (χ1n) is 3.89. The normalized spacial score (nSPS) is 11.9. The number of hydrogen-bond donors (Lipinski definition) is 0. The van der Waals surface area contributed by atoms with Crippen molar-refractivity contribution in [2.45, 2.75) is 6.18 Å². The van der Waals surface area contributed by atoms with E-state index in [9.17, 15) is 23.3 Å². The van der Waals surface area contributed by atoms with E-state index in [0.717, 1.165) is 6.07 Å². The fraction of sp³-hybridized carbons (Fsp3) is 0.111. The van der Waals surface area contributed by atoms with Crippen LogP contribution in [0.25, 0.3) is 6.08 Å². The lowest BCUT2D eigenvalue weighted by molar-refractivity contribution is -0.385. The minimum absolute atomic E-state index is 0.0324. The molecule has 3 nitrogen and oxygen atoms in total. The van der Waals surface area contributed by atoms with Crippen LogP contribution in [0.5, 0.6) is 0 Å². The lowest BCUT2D eigenvalue weighted by Crippen LogP contribution is -2.00. The zero-order chi connectivity index (χ0) is 11.5. The second-order valence-corrected chi connectivity index (χ2v) is 2.69. The molecule has 0 spiro atoms. The summed E-state index contributed by atoms with van der Waals surface area (Å²) in [7, 11) is 0. The van der Waals surface area contributed by atoms with Crippen LogP contribution in [0.2, 0.25) is 0 Å². The van der Waals surface area contributed by atoms with Gasteiger partial charge in [-0.15, -0.1) is 0 Å². The molecule has 6 heteroatoms. The Hall–Kier alpha value is -1.85. The molecule has 0 aliphatic carbocycles. The van der Waals surface area contributed by atoms with Gasteiger partial charge in [-0.05, 0) is 12.1 Å². The molecule has 0 aliphatic heterocycles. The van der Waals surface area contributed by atoms with Gasteiger partial charge in [-0.3, -0.25) is 10.1 Å². The van der Waals surface area contributed by atoms with Gasteiger partial charge in [0, 0.05) is 12.1 Å². The fourth-order valence-electron chi connectivity index (χ4n) is 0.979. The standard InChI is InChI=1S/C9H6F3NO2/c10-9(11,12)6-5-7-3-1-2-4-8(7)13(14)15/h1-6H/b6-5-. The van der Waals surface area contributed by atoms with Crippen LogP contribution in [-0.2, 0) is 0 Å². The summed E-state index contributed by atoms with van der Waals surface area (Å²) in [6.45, 7) is 0. The summed E-state index contributed by atoms with van der Waals surface area (Å²) in [5.74, 6) is 0. The highest BCUT2D eigenvalue weighted by atomic mass is 19.4. The third kappa shape index (κ3) is 3.41. The predicted octanol–water partition coefficient (Wildman–Crippen LogP) is 3.17. The molecule has 1 rings (SSSR count). The van der Waals surface area contributed by atoms with Gasteiger partial charge in [0.05, 0.1) is 10.5 Å². The molecule has 0 N–H and O–H groups in total. The van der Waals surface area contributed by atoms with Crippen LogP contribution < -0.4 is 0 Å². The Morgan fingerprint density at radius 3 is 2.40 bits per heavy atom. The van der Waals surface area contributed by atoms with Gasteiger partial charge in [0.25, 0.3) is 5.69 Å². The van der Waals surface area contributed by atoms with Gasteiger partial charge < -0.3 is 0 Å². The van der Waals surface area contributed by atoms with Crippen molar-refractivity contribution in [1.82, 2.24) is 0 Å². The number of allylic oxidation sites excluding steroid dienone is 1. The first kappa shape index (κ1) is 11.2. The van der Waals surface area contributed by atoms with Gasteiger partial charge in [-0.1, -0.05) is 12.1 Å². The van der Waals surface area contributed by atoms with Crippen LogP contribution in [0.3, 0.4) is 0 Å². The minimum Gasteiger partial charge on any atom is -0.258 e. The number of benzene rings is 1. The Balaban J connectivity index is 3.05. The van der Waals surface area contributed by atoms with Crippen molar-refractivity contribution < 1.29 is 18.1 Å². The Morgan fingerprint density at radius 1 is 1.27 bits per heavy atom. The van der Waals surface area contributed by atoms with Gasteiger partial charge in [0.15, 0.2) is 0 Å². The molecule has 0 aliphatic rings. The van der Waals surface area contributed by atoms with E-state index in [2.05, 4.69) is 0 Å². The molecule has 1 aromatic carbocycles. The van der Waals surface area contributed by atoms with Crippen LogP contribution >= 0.6 is 0 Å². The maximum absolute atomic E-state index is 11.8. The van der Waals surface area contributed by atoms with E-state index in [4.69, 9.17) is 0 Å². The molecule has 0 unspecified atom stereocenters. The summed E-state index contributed by atoms with van der Waals surface area (Å²) >= 11 is 0. The van der Waals surface area contributed by atoms with Crippen molar-refractivity contribution in [1.29, 1.82) is 0 Å². The number of nitro benzene ring substituents is 1. The fourth-order valence-corrected chi connectivity index (χ4v) is 0.979. The minimum atomic E-state index is -4.47. The largest absolute Gasteiger partial charge is 0.409 e. The van der Waals surface area contributed by atoms with Crippen LogP contribution in [0.1, 0.15) is 5.56 Å². The summed E-state index contributed by atoms with van der Waals surface area (Å²) in [6, 6.07) is 5.22. The Morgan fingerprint density at radius 2 is 1.87 bits per heavy atom. The second-order valence-electron chi connectivity index (χ2n) is 2.69. The van der Waals surface area contributed by atoms with E-state index in [1.165, 1.54) is 18.2 Å². The van der Waals surface area contributed by atoms with E-state index in [-0.39, 0.29) is 17.3 Å². The van der Waals surface area contributed by atoms with Crippen LogP contribution in [0.15, 0.2) is 30.3 Å². The molecular weight excluding hydrogens is 211 g/mol. The molecule has 15 heavy (non-hydrogen) atoms. The molecule has 0 bridgehead atoms. The lowest BCUT2D eigenvalue weighted by Gasteiger charge is -1.99. The molecule has 0 saturated heterocycles. The summed E-state index contributed by atoms with van der Waals surface area (Å²) < 4.78 is 35.5. The van der Waals surface area contributed by atoms with Crippen molar-refractivity contribution in [3.63, 3.8) is 0 Å². The number of rotatable bonds is 2. The van der Waals surface area contributed by atoms with Gasteiger partial charge in [-0.2, -0.15) is 13.2 Å². The van der Waals surface area contributed by atoms with Gasteiger partial charge >= 0.3 is 6.18 Å². The third-order valence-electron chi connectivity index (χ3n) is 1.59. The van der Waals surface area contributed by atoms with E-state index in [1.807, 2.05) is 0 Å². The first-order valence-corrected chi connectivity index (χ1v) is 3.89. The number of hydrogen-bond acceptors (Lipinski definition) is 2. The average molecular weight is 217 g/mol. The van der Waals surface area contributed by atoms with Gasteiger partial charge in [0.2, 0.25) is 0 Å². The average Bonchev–Trinajstić information content (AvgIpc) is 2.14. The zero-order valence-corrected chi connectivity index (χ0v) is 7.36. The molecular formula is C9H6F3NO2. The molecule has 0 amide bonds. The van der Waals surface area contributed by atoms with Crippen molar-refractivity contribution in [3.8, 4) is 0 Å². The molecule has 0 radical (unpaired) electrons. The Labute approximate surface area is 83.0 Å². The number of nitrogens with zero attached hydrogens (tertiary/aromatic N) is 1. The van der Waals surface area contributed by atoms with E-state index in [0.29, 0.717) is 6.08 Å². The quantitative estimate of drug-likeness (QED) is 0.564. The van der Waals surface area contributed by atoms with Crippen LogP contribution in [0.4, 0.5) is 18.9 Å². The molecule has 80 valence electrons. The smallest absolute Gasteiger partial charge is 0.258 e. The van der Waals surface area contributed by atoms with E-state index >= 15 is 0 Å². The first-order chi connectivity index (χ1) is 6.90. The van der Waals surface area contributed by atoms with E-state index < -0.39 is 11.1 Å². The zero-order valence-electron chi connectivity index (χ0n) is 7.36. The molecule has 0 saturated carbocycles. The van der Waals surface area contributed by atoms with Crippen molar-refractivity contribution in [3.05, 3.63) is 46.0 Å². The molecule has 0 fully saturated rings. The summed E-state index contributed by atoms with van der Waals surface area (Å²) in [6.07, 6.45) is -3.82. The number of alkyl halides is 3. The molecule has 0 aromatic heterocycles. The van der Waals surface area contributed by atoms with E-state index in [1.54, 1.807) is 0 Å². The highest BCUT2D eigenvalue weighted by Crippen LogP contribution is 2.23. The Kier molecular flexibility index (Phi) is 3.08. The van der Waals surface area contributed by atoms with Crippen LogP contribution in [-0.4, -0.2) is 11.1 Å². The molecule has 1 aromatic rings. The van der Waals surface area contributed by atoms with Crippen molar-refractivity contribution in [2.24, 2.45) is 0 Å². The summed E-state index contributed by atoms with van der Waals surface area (Å²) in [5.41, 5.74) is -0.419. The third-order valence-corrected chi connectivity index (χ3v) is 1.59. The lowest BCUT2D eigenvalue weighted by atomic mass is 10.1. The number of para-hydroxylation sites is 1. The summed E-state index contributed by atoms with van der Waals surface area (Å²) in [4.78, 5) is 9.71. The maximum Gasteiger partial charge on any atom is 0.409 e. The SMILES string of the molecule is O=[N+]([O-])c1ccccc1/C=C\C(F)(F)F. The Bertz CT molecular complexity index is 399. The highest BCUT2D eigenvalue weighted by molar-refractivity contribution is 5.60. The number of nitro groups is 1. The second kappa shape index (κ2) is 4.12. The molecule has 0 heterocycles.